The van der Waals surface area contributed by atoms with Gasteiger partial charge in [-0.3, -0.25) is 9.59 Å². The molecule has 2 atom stereocenters. The van der Waals surface area contributed by atoms with Crippen LogP contribution in [0.25, 0.3) is 0 Å². The fourth-order valence-corrected chi connectivity index (χ4v) is 5.28. The fourth-order valence-electron chi connectivity index (χ4n) is 5.28. The molecule has 3 aliphatic rings. The van der Waals surface area contributed by atoms with Crippen molar-refractivity contribution in [3.05, 3.63) is 29.8 Å². The Balaban J connectivity index is 1.50. The molecule has 3 fully saturated rings. The van der Waals surface area contributed by atoms with Crippen molar-refractivity contribution in [3.63, 3.8) is 0 Å². The van der Waals surface area contributed by atoms with Crippen LogP contribution >= 0.6 is 0 Å². The predicted octanol–water partition coefficient (Wildman–Crippen LogP) is 2.31. The molecule has 0 radical (unpaired) electrons. The summed E-state index contributed by atoms with van der Waals surface area (Å²) in [6, 6.07) is 7.70. The Morgan fingerprint density at radius 2 is 1.76 bits per heavy atom. The number of hydrogen-bond acceptors (Lipinski definition) is 4. The number of carbonyl (C=O) groups excluding carboxylic acids is 2. The highest BCUT2D eigenvalue weighted by molar-refractivity contribution is 5.86. The van der Waals surface area contributed by atoms with Crippen LogP contribution in [-0.2, 0) is 9.59 Å². The normalized spacial score (nSPS) is 27.6. The first-order valence-electron chi connectivity index (χ1n) is 11.0. The number of amides is 2. The Morgan fingerprint density at radius 3 is 2.48 bits per heavy atom. The van der Waals surface area contributed by atoms with Gasteiger partial charge in [0.15, 0.2) is 6.61 Å². The van der Waals surface area contributed by atoms with E-state index in [1.165, 1.54) is 0 Å². The molecule has 3 saturated heterocycles. The first kappa shape index (κ1) is 20.2. The summed E-state index contributed by atoms with van der Waals surface area (Å²) >= 11 is 0. The van der Waals surface area contributed by atoms with Crippen molar-refractivity contribution in [2.75, 3.05) is 46.4 Å². The molecular formula is C23H33N3O3. The first-order chi connectivity index (χ1) is 14.0. The van der Waals surface area contributed by atoms with Crippen molar-refractivity contribution >= 4 is 11.8 Å². The zero-order chi connectivity index (χ0) is 20.4. The van der Waals surface area contributed by atoms with Crippen molar-refractivity contribution in [1.29, 1.82) is 0 Å². The number of ether oxygens (including phenoxy) is 1. The van der Waals surface area contributed by atoms with E-state index in [4.69, 9.17) is 4.74 Å². The van der Waals surface area contributed by atoms with Crippen molar-refractivity contribution in [2.24, 2.45) is 5.41 Å². The quantitative estimate of drug-likeness (QED) is 0.780. The highest BCUT2D eigenvalue weighted by Crippen LogP contribution is 2.44. The van der Waals surface area contributed by atoms with E-state index in [-0.39, 0.29) is 24.5 Å². The van der Waals surface area contributed by atoms with Gasteiger partial charge in [-0.15, -0.1) is 0 Å². The monoisotopic (exact) mass is 399 g/mol. The van der Waals surface area contributed by atoms with Crippen molar-refractivity contribution in [3.8, 4) is 5.75 Å². The summed E-state index contributed by atoms with van der Waals surface area (Å²) in [5.41, 5.74) is 0.740. The zero-order valence-corrected chi connectivity index (χ0v) is 17.7. The number of hydrogen-bond donors (Lipinski definition) is 0. The molecule has 0 bridgehead atoms. The number of nitrogens with zero attached hydrogens (tertiary/aromatic N) is 3. The standard InChI is InChI=1S/C23H33N3O3/c1-18-6-8-19(9-7-18)29-17-21(27)26-14-5-10-23(11-15-24(2)16-20(23)26)22(28)25-12-3-4-13-25/h6-9,20H,3-5,10-17H2,1-2H3/t20-,23+/m0/s1. The summed E-state index contributed by atoms with van der Waals surface area (Å²) in [5.74, 6) is 0.982. The number of carbonyl (C=O) groups is 2. The van der Waals surface area contributed by atoms with E-state index in [1.54, 1.807) is 0 Å². The maximum atomic E-state index is 13.6. The Kier molecular flexibility index (Phi) is 5.81. The topological polar surface area (TPSA) is 53.1 Å². The lowest BCUT2D eigenvalue weighted by molar-refractivity contribution is -0.161. The predicted molar refractivity (Wildman–Crippen MR) is 112 cm³/mol. The minimum Gasteiger partial charge on any atom is -0.484 e. The van der Waals surface area contributed by atoms with Gasteiger partial charge in [0, 0.05) is 26.2 Å². The third-order valence-electron chi connectivity index (χ3n) is 6.98. The van der Waals surface area contributed by atoms with Crippen LogP contribution < -0.4 is 4.74 Å². The summed E-state index contributed by atoms with van der Waals surface area (Å²) in [7, 11) is 2.09. The second-order valence-electron chi connectivity index (χ2n) is 8.98. The van der Waals surface area contributed by atoms with E-state index in [1.807, 2.05) is 36.1 Å². The van der Waals surface area contributed by atoms with Crippen LogP contribution in [0.4, 0.5) is 0 Å². The van der Waals surface area contributed by atoms with Crippen LogP contribution in [-0.4, -0.2) is 78.9 Å². The summed E-state index contributed by atoms with van der Waals surface area (Å²) < 4.78 is 5.78. The number of fused-ring (bicyclic) bond motifs is 1. The Labute approximate surface area is 173 Å². The van der Waals surface area contributed by atoms with Gasteiger partial charge in [-0.05, 0) is 64.8 Å². The zero-order valence-electron chi connectivity index (χ0n) is 17.7. The smallest absolute Gasteiger partial charge is 0.260 e. The minimum absolute atomic E-state index is 0.0100. The van der Waals surface area contributed by atoms with Crippen LogP contribution in [0.3, 0.4) is 0 Å². The molecule has 0 unspecified atom stereocenters. The minimum atomic E-state index is -0.422. The molecule has 2 amide bonds. The van der Waals surface area contributed by atoms with E-state index in [0.29, 0.717) is 12.3 Å². The molecule has 0 saturated carbocycles. The number of aryl methyl sites for hydroxylation is 1. The molecule has 1 aromatic carbocycles. The van der Waals surface area contributed by atoms with Gasteiger partial charge >= 0.3 is 0 Å². The van der Waals surface area contributed by atoms with Gasteiger partial charge in [-0.25, -0.2) is 0 Å². The highest BCUT2D eigenvalue weighted by atomic mass is 16.5. The van der Waals surface area contributed by atoms with Crippen LogP contribution in [0.2, 0.25) is 0 Å². The van der Waals surface area contributed by atoms with Crippen LogP contribution in [0.15, 0.2) is 24.3 Å². The third-order valence-corrected chi connectivity index (χ3v) is 6.98. The van der Waals surface area contributed by atoms with E-state index >= 15 is 0 Å². The molecule has 3 heterocycles. The Morgan fingerprint density at radius 1 is 1.03 bits per heavy atom. The Bertz CT molecular complexity index is 744. The largest absolute Gasteiger partial charge is 0.484 e. The molecule has 1 aromatic rings. The second kappa shape index (κ2) is 8.34. The third kappa shape index (κ3) is 4.00. The van der Waals surface area contributed by atoms with Crippen LogP contribution in [0.1, 0.15) is 37.7 Å². The molecule has 3 aliphatic heterocycles. The second-order valence-corrected chi connectivity index (χ2v) is 8.98. The van der Waals surface area contributed by atoms with E-state index in [9.17, 15) is 9.59 Å². The molecule has 6 nitrogen and oxygen atoms in total. The molecule has 0 N–H and O–H groups in total. The van der Waals surface area contributed by atoms with Gasteiger partial charge in [0.2, 0.25) is 5.91 Å². The number of likely N-dealkylation sites (N-methyl/N-ethyl adjacent to an activating group) is 1. The molecule has 29 heavy (non-hydrogen) atoms. The van der Waals surface area contributed by atoms with E-state index in [2.05, 4.69) is 16.8 Å². The van der Waals surface area contributed by atoms with Crippen molar-refractivity contribution in [2.45, 2.75) is 45.1 Å². The van der Waals surface area contributed by atoms with Gasteiger partial charge in [0.05, 0.1) is 11.5 Å². The van der Waals surface area contributed by atoms with Crippen LogP contribution in [0, 0.1) is 12.3 Å². The van der Waals surface area contributed by atoms with E-state index in [0.717, 1.165) is 63.8 Å². The molecule has 0 aromatic heterocycles. The molecular weight excluding hydrogens is 366 g/mol. The van der Waals surface area contributed by atoms with Gasteiger partial charge in [-0.1, -0.05) is 17.7 Å². The molecule has 6 heteroatoms. The van der Waals surface area contributed by atoms with Gasteiger partial charge < -0.3 is 19.4 Å². The maximum Gasteiger partial charge on any atom is 0.260 e. The van der Waals surface area contributed by atoms with Crippen molar-refractivity contribution < 1.29 is 14.3 Å². The Hall–Kier alpha value is -2.08. The highest BCUT2D eigenvalue weighted by Gasteiger charge is 2.54. The van der Waals surface area contributed by atoms with Gasteiger partial charge in [0.25, 0.3) is 5.91 Å². The molecule has 0 spiro atoms. The number of rotatable bonds is 4. The van der Waals surface area contributed by atoms with Crippen molar-refractivity contribution in [1.82, 2.24) is 14.7 Å². The van der Waals surface area contributed by atoms with Gasteiger partial charge in [-0.2, -0.15) is 0 Å². The first-order valence-corrected chi connectivity index (χ1v) is 11.0. The lowest BCUT2D eigenvalue weighted by Crippen LogP contribution is -2.66. The summed E-state index contributed by atoms with van der Waals surface area (Å²) in [4.78, 5) is 33.0. The summed E-state index contributed by atoms with van der Waals surface area (Å²) in [6.07, 6.45) is 4.81. The molecule has 158 valence electrons. The van der Waals surface area contributed by atoms with Crippen LogP contribution in [0.5, 0.6) is 5.75 Å². The average Bonchev–Trinajstić information content (AvgIpc) is 3.27. The summed E-state index contributed by atoms with van der Waals surface area (Å²) in [6.45, 7) is 6.18. The average molecular weight is 400 g/mol. The molecule has 0 aliphatic carbocycles. The fraction of sp³-hybridized carbons (Fsp3) is 0.652. The lowest BCUT2D eigenvalue weighted by atomic mass is 9.67. The molecule has 4 rings (SSSR count). The number of likely N-dealkylation sites (tertiary alicyclic amines) is 3. The SMILES string of the molecule is Cc1ccc(OCC(=O)N2CCC[C@@]3(C(=O)N4CCCC4)CCN(C)C[C@H]23)cc1. The van der Waals surface area contributed by atoms with E-state index < -0.39 is 5.41 Å². The maximum absolute atomic E-state index is 13.6. The number of benzene rings is 1. The number of piperidine rings is 2. The summed E-state index contributed by atoms with van der Waals surface area (Å²) in [5, 5.41) is 0. The van der Waals surface area contributed by atoms with Gasteiger partial charge in [0.1, 0.15) is 5.75 Å². The lowest BCUT2D eigenvalue weighted by Gasteiger charge is -2.54.